The van der Waals surface area contributed by atoms with Crippen LogP contribution in [0.2, 0.25) is 0 Å². The Bertz CT molecular complexity index is 516. The topological polar surface area (TPSA) is 78.9 Å². The van der Waals surface area contributed by atoms with Gasteiger partial charge in [-0.2, -0.15) is 0 Å². The summed E-state index contributed by atoms with van der Waals surface area (Å²) < 4.78 is 13.8. The molecule has 0 amide bonds. The summed E-state index contributed by atoms with van der Waals surface area (Å²) in [5.74, 6) is -1.95. The van der Waals surface area contributed by atoms with Crippen molar-refractivity contribution in [2.24, 2.45) is 0 Å². The monoisotopic (exact) mass is 368 g/mol. The van der Waals surface area contributed by atoms with Crippen LogP contribution in [0.4, 0.5) is 0 Å². The number of methoxy groups -OCH3 is 1. The van der Waals surface area contributed by atoms with Crippen LogP contribution in [0.15, 0.2) is 36.1 Å². The SMILES string of the molecule is C=C(C)C(=O)OC(=C)C(=O)OC.CC=C(CC)C(=O)OCCCCCC. The van der Waals surface area contributed by atoms with E-state index in [2.05, 4.69) is 29.6 Å². The first-order valence-corrected chi connectivity index (χ1v) is 8.72. The predicted octanol–water partition coefficient (Wildman–Crippen LogP) is 4.26. The van der Waals surface area contributed by atoms with Crippen molar-refractivity contribution in [2.45, 2.75) is 59.8 Å². The molecule has 0 unspecified atom stereocenters. The van der Waals surface area contributed by atoms with Crippen molar-refractivity contribution < 1.29 is 28.6 Å². The molecule has 0 bridgehead atoms. The minimum atomic E-state index is -0.774. The van der Waals surface area contributed by atoms with Crippen LogP contribution >= 0.6 is 0 Å². The largest absolute Gasteiger partial charge is 0.463 e. The highest BCUT2D eigenvalue weighted by Gasteiger charge is 2.13. The second-order valence-corrected chi connectivity index (χ2v) is 5.45. The van der Waals surface area contributed by atoms with Gasteiger partial charge in [0.05, 0.1) is 13.7 Å². The molecule has 0 spiro atoms. The van der Waals surface area contributed by atoms with E-state index in [1.54, 1.807) is 0 Å². The van der Waals surface area contributed by atoms with Gasteiger partial charge in [-0.3, -0.25) is 0 Å². The minimum absolute atomic E-state index is 0.147. The number of carbonyl (C=O) groups excluding carboxylic acids is 3. The van der Waals surface area contributed by atoms with Crippen molar-refractivity contribution in [1.29, 1.82) is 0 Å². The van der Waals surface area contributed by atoms with E-state index in [4.69, 9.17) is 4.74 Å². The summed E-state index contributed by atoms with van der Waals surface area (Å²) in [6.45, 7) is 14.6. The molecular formula is C20H32O6. The molecule has 0 N–H and O–H groups in total. The van der Waals surface area contributed by atoms with Gasteiger partial charge in [-0.05, 0) is 33.3 Å². The van der Waals surface area contributed by atoms with E-state index < -0.39 is 11.9 Å². The number of unbranched alkanes of at least 4 members (excludes halogenated alkanes) is 3. The van der Waals surface area contributed by atoms with Crippen molar-refractivity contribution in [1.82, 2.24) is 0 Å². The lowest BCUT2D eigenvalue weighted by Gasteiger charge is -2.05. The summed E-state index contributed by atoms with van der Waals surface area (Å²) in [6.07, 6.45) is 7.16. The van der Waals surface area contributed by atoms with Crippen molar-refractivity contribution in [3.8, 4) is 0 Å². The minimum Gasteiger partial charge on any atom is -0.463 e. The van der Waals surface area contributed by atoms with Crippen LogP contribution in [0.25, 0.3) is 0 Å². The van der Waals surface area contributed by atoms with E-state index in [0.29, 0.717) is 6.61 Å². The van der Waals surface area contributed by atoms with Gasteiger partial charge in [0.2, 0.25) is 5.76 Å². The van der Waals surface area contributed by atoms with Crippen LogP contribution in [0, 0.1) is 0 Å². The normalized spacial score (nSPS) is 10.1. The second kappa shape index (κ2) is 16.1. The Kier molecular flexibility index (Phi) is 16.0. The molecule has 0 aromatic carbocycles. The molecule has 0 saturated carbocycles. The molecule has 26 heavy (non-hydrogen) atoms. The average Bonchev–Trinajstić information content (AvgIpc) is 2.62. The lowest BCUT2D eigenvalue weighted by molar-refractivity contribution is -0.147. The maximum absolute atomic E-state index is 11.3. The Hall–Kier alpha value is -2.37. The predicted molar refractivity (Wildman–Crippen MR) is 101 cm³/mol. The maximum Gasteiger partial charge on any atom is 0.373 e. The van der Waals surface area contributed by atoms with E-state index in [1.165, 1.54) is 26.9 Å². The molecule has 0 aromatic rings. The second-order valence-electron chi connectivity index (χ2n) is 5.45. The zero-order chi connectivity index (χ0) is 20.5. The molecule has 0 saturated heterocycles. The standard InChI is InChI=1S/C12H22O2.C8H10O4/c1-4-7-8-9-10-14-12(13)11(5-2)6-3;1-5(2)7(9)12-6(3)8(10)11-4/h5H,4,6-10H2,1-3H3;1,3H2,2,4H3. The smallest absolute Gasteiger partial charge is 0.373 e. The van der Waals surface area contributed by atoms with E-state index in [0.717, 1.165) is 24.8 Å². The number of rotatable bonds is 10. The molecular weight excluding hydrogens is 336 g/mol. The molecule has 0 aliphatic carbocycles. The summed E-state index contributed by atoms with van der Waals surface area (Å²) in [5, 5.41) is 0. The molecule has 0 rings (SSSR count). The van der Waals surface area contributed by atoms with Crippen molar-refractivity contribution in [3.63, 3.8) is 0 Å². The third-order valence-corrected chi connectivity index (χ3v) is 3.20. The van der Waals surface area contributed by atoms with Crippen LogP contribution in [-0.2, 0) is 28.6 Å². The number of hydrogen-bond donors (Lipinski definition) is 0. The third-order valence-electron chi connectivity index (χ3n) is 3.20. The summed E-state index contributed by atoms with van der Waals surface area (Å²) >= 11 is 0. The van der Waals surface area contributed by atoms with E-state index in [-0.39, 0.29) is 17.3 Å². The Morgan fingerprint density at radius 3 is 2.00 bits per heavy atom. The highest BCUT2D eigenvalue weighted by Crippen LogP contribution is 2.05. The first-order valence-electron chi connectivity index (χ1n) is 8.72. The number of allylic oxidation sites excluding steroid dienone is 1. The molecule has 0 atom stereocenters. The van der Waals surface area contributed by atoms with Crippen molar-refractivity contribution in [3.05, 3.63) is 36.1 Å². The van der Waals surface area contributed by atoms with E-state index in [9.17, 15) is 14.4 Å². The van der Waals surface area contributed by atoms with Crippen molar-refractivity contribution >= 4 is 17.9 Å². The van der Waals surface area contributed by atoms with Gasteiger partial charge in [0, 0.05) is 11.1 Å². The third kappa shape index (κ3) is 13.0. The molecule has 0 aromatic heterocycles. The van der Waals surface area contributed by atoms with Crippen LogP contribution in [0.5, 0.6) is 0 Å². The number of ether oxygens (including phenoxy) is 3. The molecule has 0 aliphatic rings. The first-order chi connectivity index (χ1) is 12.2. The molecule has 6 heteroatoms. The van der Waals surface area contributed by atoms with Crippen LogP contribution < -0.4 is 0 Å². The fraction of sp³-hybridized carbons (Fsp3) is 0.550. The van der Waals surface area contributed by atoms with Gasteiger partial charge in [-0.1, -0.05) is 45.8 Å². The highest BCUT2D eigenvalue weighted by atomic mass is 16.6. The van der Waals surface area contributed by atoms with Crippen LogP contribution in [0.3, 0.4) is 0 Å². The summed E-state index contributed by atoms with van der Waals surface area (Å²) in [7, 11) is 1.17. The van der Waals surface area contributed by atoms with Gasteiger partial charge in [0.25, 0.3) is 0 Å². The fourth-order valence-electron chi connectivity index (χ4n) is 1.61. The molecule has 0 heterocycles. The van der Waals surface area contributed by atoms with Gasteiger partial charge in [-0.15, -0.1) is 0 Å². The Morgan fingerprint density at radius 1 is 0.962 bits per heavy atom. The summed E-state index contributed by atoms with van der Waals surface area (Å²) in [4.78, 5) is 32.8. The van der Waals surface area contributed by atoms with Gasteiger partial charge in [-0.25, -0.2) is 14.4 Å². The number of esters is 3. The summed E-state index contributed by atoms with van der Waals surface area (Å²) in [5.41, 5.74) is 0.973. The van der Waals surface area contributed by atoms with Gasteiger partial charge in [0.15, 0.2) is 0 Å². The van der Waals surface area contributed by atoms with E-state index in [1.807, 2.05) is 19.9 Å². The molecule has 6 nitrogen and oxygen atoms in total. The number of hydrogen-bond acceptors (Lipinski definition) is 6. The van der Waals surface area contributed by atoms with Gasteiger partial charge >= 0.3 is 17.9 Å². The molecule has 0 aliphatic heterocycles. The Labute approximate surface area is 156 Å². The van der Waals surface area contributed by atoms with Gasteiger partial charge in [0.1, 0.15) is 0 Å². The molecule has 0 fully saturated rings. The summed E-state index contributed by atoms with van der Waals surface area (Å²) in [6, 6.07) is 0. The first kappa shape index (κ1) is 25.9. The Balaban J connectivity index is 0. The Morgan fingerprint density at radius 2 is 1.58 bits per heavy atom. The fourth-order valence-corrected chi connectivity index (χ4v) is 1.61. The zero-order valence-corrected chi connectivity index (χ0v) is 16.7. The van der Waals surface area contributed by atoms with Crippen LogP contribution in [0.1, 0.15) is 59.8 Å². The lowest BCUT2D eigenvalue weighted by Crippen LogP contribution is -2.12. The average molecular weight is 368 g/mol. The molecule has 148 valence electrons. The van der Waals surface area contributed by atoms with Gasteiger partial charge < -0.3 is 14.2 Å². The van der Waals surface area contributed by atoms with E-state index >= 15 is 0 Å². The number of carbonyl (C=O) groups is 3. The highest BCUT2D eigenvalue weighted by molar-refractivity contribution is 5.93. The maximum atomic E-state index is 11.3. The van der Waals surface area contributed by atoms with Crippen molar-refractivity contribution in [2.75, 3.05) is 13.7 Å². The lowest BCUT2D eigenvalue weighted by atomic mass is 10.2. The molecule has 0 radical (unpaired) electrons. The van der Waals surface area contributed by atoms with Crippen LogP contribution in [-0.4, -0.2) is 31.6 Å². The quantitative estimate of drug-likeness (QED) is 0.188. The zero-order valence-electron chi connectivity index (χ0n) is 16.7.